The lowest BCUT2D eigenvalue weighted by Gasteiger charge is -2.11. The molecule has 0 bridgehead atoms. The molecular formula is C22H20N4O. The largest absolute Gasteiger partial charge is 0.322 e. The molecule has 0 aliphatic heterocycles. The first-order valence-electron chi connectivity index (χ1n) is 8.80. The van der Waals surface area contributed by atoms with E-state index in [4.69, 9.17) is 0 Å². The highest BCUT2D eigenvalue weighted by Gasteiger charge is 2.11. The highest BCUT2D eigenvalue weighted by Crippen LogP contribution is 2.25. The average Bonchev–Trinajstić information content (AvgIpc) is 3.10. The van der Waals surface area contributed by atoms with E-state index in [1.807, 2.05) is 80.0 Å². The highest BCUT2D eigenvalue weighted by atomic mass is 16.1. The number of fused-ring (bicyclic) bond motifs is 1. The Morgan fingerprint density at radius 3 is 2.59 bits per heavy atom. The molecule has 0 radical (unpaired) electrons. The van der Waals surface area contributed by atoms with Crippen LogP contribution in [-0.2, 0) is 0 Å². The number of nitrogens with zero attached hydrogens (tertiary/aromatic N) is 3. The van der Waals surface area contributed by atoms with E-state index in [1.165, 1.54) is 5.56 Å². The first-order valence-corrected chi connectivity index (χ1v) is 8.80. The Morgan fingerprint density at radius 1 is 1.00 bits per heavy atom. The second-order valence-corrected chi connectivity index (χ2v) is 6.74. The molecule has 1 amide bonds. The van der Waals surface area contributed by atoms with Crippen LogP contribution < -0.4 is 5.32 Å². The summed E-state index contributed by atoms with van der Waals surface area (Å²) < 4.78 is 1.88. The topological polar surface area (TPSA) is 59.3 Å². The van der Waals surface area contributed by atoms with Crippen molar-refractivity contribution < 1.29 is 4.79 Å². The van der Waals surface area contributed by atoms with E-state index in [9.17, 15) is 4.79 Å². The van der Waals surface area contributed by atoms with Gasteiger partial charge in [0.25, 0.3) is 5.91 Å². The van der Waals surface area contributed by atoms with Crippen LogP contribution in [0.15, 0.2) is 61.1 Å². The third-order valence-corrected chi connectivity index (χ3v) is 4.79. The van der Waals surface area contributed by atoms with Gasteiger partial charge in [-0.1, -0.05) is 18.2 Å². The van der Waals surface area contributed by atoms with Crippen molar-refractivity contribution >= 4 is 17.4 Å². The van der Waals surface area contributed by atoms with Crippen molar-refractivity contribution in [3.8, 4) is 11.3 Å². The molecule has 0 fully saturated rings. The molecule has 0 saturated carbocycles. The maximum Gasteiger partial charge on any atom is 0.255 e. The molecule has 4 aromatic rings. The van der Waals surface area contributed by atoms with Crippen LogP contribution in [0.4, 0.5) is 5.69 Å². The van der Waals surface area contributed by atoms with Crippen LogP contribution in [0.3, 0.4) is 0 Å². The molecule has 134 valence electrons. The number of hydrogen-bond acceptors (Lipinski definition) is 3. The summed E-state index contributed by atoms with van der Waals surface area (Å²) in [6.07, 6.45) is 5.56. The van der Waals surface area contributed by atoms with Gasteiger partial charge in [-0.2, -0.15) is 0 Å². The molecule has 0 unspecified atom stereocenters. The maximum atomic E-state index is 12.7. The minimum Gasteiger partial charge on any atom is -0.322 e. The predicted molar refractivity (Wildman–Crippen MR) is 107 cm³/mol. The summed E-state index contributed by atoms with van der Waals surface area (Å²) in [5.41, 5.74) is 6.45. The van der Waals surface area contributed by atoms with Crippen LogP contribution in [0.25, 0.3) is 17.0 Å². The number of imidazole rings is 1. The summed E-state index contributed by atoms with van der Waals surface area (Å²) in [6, 6.07) is 13.5. The molecule has 2 aromatic heterocycles. The number of hydrogen-bond donors (Lipinski definition) is 1. The van der Waals surface area contributed by atoms with Gasteiger partial charge in [0.2, 0.25) is 5.78 Å². The summed E-state index contributed by atoms with van der Waals surface area (Å²) >= 11 is 0. The van der Waals surface area contributed by atoms with Gasteiger partial charge < -0.3 is 5.32 Å². The van der Waals surface area contributed by atoms with Crippen LogP contribution in [0.1, 0.15) is 27.0 Å². The van der Waals surface area contributed by atoms with Gasteiger partial charge in [0.15, 0.2) is 0 Å². The minimum absolute atomic E-state index is 0.116. The van der Waals surface area contributed by atoms with E-state index in [0.29, 0.717) is 11.3 Å². The molecule has 2 aromatic carbocycles. The van der Waals surface area contributed by atoms with E-state index in [2.05, 4.69) is 15.3 Å². The molecule has 27 heavy (non-hydrogen) atoms. The molecule has 0 aliphatic rings. The Bertz CT molecular complexity index is 1130. The van der Waals surface area contributed by atoms with Crippen LogP contribution in [0.2, 0.25) is 0 Å². The minimum atomic E-state index is -0.116. The molecule has 0 spiro atoms. The zero-order valence-electron chi connectivity index (χ0n) is 15.5. The highest BCUT2D eigenvalue weighted by molar-refractivity contribution is 6.05. The fraction of sp³-hybridized carbons (Fsp3) is 0.136. The van der Waals surface area contributed by atoms with Crippen molar-refractivity contribution in [3.05, 3.63) is 83.3 Å². The lowest BCUT2D eigenvalue weighted by atomic mass is 10.0. The summed E-state index contributed by atoms with van der Waals surface area (Å²) in [5, 5.41) is 3.03. The van der Waals surface area contributed by atoms with Gasteiger partial charge >= 0.3 is 0 Å². The first kappa shape index (κ1) is 17.0. The number of aryl methyl sites for hydroxylation is 3. The van der Waals surface area contributed by atoms with Crippen molar-refractivity contribution in [1.82, 2.24) is 14.4 Å². The Kier molecular flexibility index (Phi) is 4.20. The fourth-order valence-electron chi connectivity index (χ4n) is 2.96. The van der Waals surface area contributed by atoms with Gasteiger partial charge in [0.05, 0.1) is 5.69 Å². The van der Waals surface area contributed by atoms with E-state index >= 15 is 0 Å². The van der Waals surface area contributed by atoms with Gasteiger partial charge in [-0.15, -0.1) is 0 Å². The van der Waals surface area contributed by atoms with E-state index in [1.54, 1.807) is 6.20 Å². The molecule has 2 heterocycles. The van der Waals surface area contributed by atoms with Gasteiger partial charge in [-0.3, -0.25) is 9.20 Å². The monoisotopic (exact) mass is 356 g/mol. The van der Waals surface area contributed by atoms with Crippen molar-refractivity contribution in [1.29, 1.82) is 0 Å². The van der Waals surface area contributed by atoms with Crippen molar-refractivity contribution in [2.45, 2.75) is 20.8 Å². The molecule has 0 aliphatic carbocycles. The molecular weight excluding hydrogens is 336 g/mol. The van der Waals surface area contributed by atoms with Crippen LogP contribution in [0.5, 0.6) is 0 Å². The predicted octanol–water partition coefficient (Wildman–Crippen LogP) is 4.57. The fourth-order valence-corrected chi connectivity index (χ4v) is 2.96. The van der Waals surface area contributed by atoms with E-state index < -0.39 is 0 Å². The van der Waals surface area contributed by atoms with E-state index in [0.717, 1.165) is 28.1 Å². The maximum absolute atomic E-state index is 12.7. The Hall–Kier alpha value is -3.47. The molecule has 1 N–H and O–H groups in total. The first-order chi connectivity index (χ1) is 13.0. The lowest BCUT2D eigenvalue weighted by Crippen LogP contribution is -2.13. The zero-order valence-corrected chi connectivity index (χ0v) is 15.5. The van der Waals surface area contributed by atoms with Crippen LogP contribution >= 0.6 is 0 Å². The summed E-state index contributed by atoms with van der Waals surface area (Å²) in [6.45, 7) is 6.02. The molecule has 0 atom stereocenters. The molecule has 5 nitrogen and oxygen atoms in total. The Balaban J connectivity index is 1.66. The number of benzene rings is 2. The summed E-state index contributed by atoms with van der Waals surface area (Å²) in [5.74, 6) is 0.531. The second kappa shape index (κ2) is 6.68. The van der Waals surface area contributed by atoms with Gasteiger partial charge in [-0.25, -0.2) is 9.97 Å². The summed E-state index contributed by atoms with van der Waals surface area (Å²) in [4.78, 5) is 21.5. The molecule has 5 heteroatoms. The number of aromatic nitrogens is 3. The SMILES string of the molecule is Cc1ccc(C(=O)Nc2cc(-c3cn4cccnc4n3)ccc2C)cc1C. The zero-order chi connectivity index (χ0) is 19.0. The number of carbonyl (C=O) groups excluding carboxylic acids is 1. The third-order valence-electron chi connectivity index (χ3n) is 4.79. The van der Waals surface area contributed by atoms with Crippen molar-refractivity contribution in [3.63, 3.8) is 0 Å². The Labute approximate surface area is 157 Å². The van der Waals surface area contributed by atoms with Gasteiger partial charge in [0, 0.05) is 35.4 Å². The normalized spacial score (nSPS) is 10.9. The molecule has 4 rings (SSSR count). The number of amides is 1. The quantitative estimate of drug-likeness (QED) is 0.585. The van der Waals surface area contributed by atoms with E-state index in [-0.39, 0.29) is 5.91 Å². The smallest absolute Gasteiger partial charge is 0.255 e. The van der Waals surface area contributed by atoms with Gasteiger partial charge in [0.1, 0.15) is 0 Å². The number of anilines is 1. The number of nitrogens with one attached hydrogen (secondary N) is 1. The molecule has 0 saturated heterocycles. The lowest BCUT2D eigenvalue weighted by molar-refractivity contribution is 0.102. The Morgan fingerprint density at radius 2 is 1.81 bits per heavy atom. The average molecular weight is 356 g/mol. The number of carbonyl (C=O) groups is 1. The summed E-state index contributed by atoms with van der Waals surface area (Å²) in [7, 11) is 0. The second-order valence-electron chi connectivity index (χ2n) is 6.74. The van der Waals surface area contributed by atoms with Gasteiger partial charge in [-0.05, 0) is 61.7 Å². The van der Waals surface area contributed by atoms with Crippen molar-refractivity contribution in [2.24, 2.45) is 0 Å². The van der Waals surface area contributed by atoms with Crippen LogP contribution in [0, 0.1) is 20.8 Å². The van der Waals surface area contributed by atoms with Crippen molar-refractivity contribution in [2.75, 3.05) is 5.32 Å². The number of rotatable bonds is 3. The van der Waals surface area contributed by atoms with Crippen LogP contribution in [-0.4, -0.2) is 20.3 Å². The third kappa shape index (κ3) is 3.31. The standard InChI is InChI=1S/C22H20N4O/c1-14-5-8-18(11-16(14)3)21(27)24-19-12-17(7-6-15(19)2)20-13-26-10-4-9-23-22(26)25-20/h4-13H,1-3H3,(H,24,27).